The van der Waals surface area contributed by atoms with Crippen LogP contribution in [-0.4, -0.2) is 108 Å². The quantitative estimate of drug-likeness (QED) is 0.229. The van der Waals surface area contributed by atoms with E-state index in [4.69, 9.17) is 18.9 Å². The number of hydrogen-bond donors (Lipinski definition) is 2. The molecule has 0 aromatic carbocycles. The van der Waals surface area contributed by atoms with E-state index in [0.29, 0.717) is 45.9 Å². The Bertz CT molecular complexity index is 515. The lowest BCUT2D eigenvalue weighted by molar-refractivity contribution is -0.127. The van der Waals surface area contributed by atoms with Crippen molar-refractivity contribution in [1.29, 1.82) is 0 Å². The highest BCUT2D eigenvalue weighted by Gasteiger charge is 2.22. The molecule has 3 N–H and O–H groups in total. The Hall–Kier alpha value is -1.92. The molecule has 2 unspecified atom stereocenters. The van der Waals surface area contributed by atoms with Crippen LogP contribution in [0.25, 0.3) is 0 Å². The van der Waals surface area contributed by atoms with Crippen LogP contribution in [0.2, 0.25) is 0 Å². The zero-order valence-electron chi connectivity index (χ0n) is 21.5. The van der Waals surface area contributed by atoms with Gasteiger partial charge in [0.1, 0.15) is 25.8 Å². The Kier molecular flexibility index (Phi) is 27.1. The van der Waals surface area contributed by atoms with Crippen molar-refractivity contribution < 1.29 is 38.1 Å². The average molecular weight is 508 g/mol. The minimum absolute atomic E-state index is 0. The third kappa shape index (κ3) is 22.3. The second-order valence-corrected chi connectivity index (χ2v) is 8.36. The summed E-state index contributed by atoms with van der Waals surface area (Å²) in [5.41, 5.74) is 4.52. The van der Waals surface area contributed by atoms with Gasteiger partial charge in [-0.2, -0.15) is 0 Å². The second-order valence-electron chi connectivity index (χ2n) is 8.36. The molecule has 2 atom stereocenters. The molecule has 1 rings (SSSR count). The van der Waals surface area contributed by atoms with Crippen LogP contribution in [0.3, 0.4) is 0 Å². The number of hydrogen-bond acceptors (Lipinski definition) is 9. The maximum absolute atomic E-state index is 11.7. The maximum atomic E-state index is 11.7. The van der Waals surface area contributed by atoms with Crippen LogP contribution in [0.1, 0.15) is 48.0 Å². The molecule has 1 saturated heterocycles. The van der Waals surface area contributed by atoms with E-state index in [2.05, 4.69) is 31.8 Å². The summed E-state index contributed by atoms with van der Waals surface area (Å²) in [5, 5.41) is 2.90. The van der Waals surface area contributed by atoms with Crippen molar-refractivity contribution in [1.82, 2.24) is 10.2 Å². The van der Waals surface area contributed by atoms with Crippen LogP contribution in [0.5, 0.6) is 0 Å². The molecule has 1 aliphatic rings. The number of nitrogens with zero attached hydrogens (tertiary/aromatic N) is 1. The summed E-state index contributed by atoms with van der Waals surface area (Å²) in [6.45, 7) is 11.6. The normalized spacial score (nSPS) is 15.4. The summed E-state index contributed by atoms with van der Waals surface area (Å²) >= 11 is 0. The van der Waals surface area contributed by atoms with Crippen molar-refractivity contribution in [2.45, 2.75) is 60.0 Å². The lowest BCUT2D eigenvalue weighted by Crippen LogP contribution is -2.43. The molecule has 1 aliphatic heterocycles. The van der Waals surface area contributed by atoms with E-state index in [1.807, 2.05) is 6.92 Å². The van der Waals surface area contributed by atoms with E-state index in [9.17, 15) is 19.2 Å². The fourth-order valence-corrected chi connectivity index (χ4v) is 2.45. The summed E-state index contributed by atoms with van der Waals surface area (Å²) in [5.74, 6) is -0.119. The van der Waals surface area contributed by atoms with E-state index in [0.717, 1.165) is 32.1 Å². The fraction of sp³-hybridized carbons (Fsp3) is 0.833. The van der Waals surface area contributed by atoms with Gasteiger partial charge in [0.05, 0.1) is 45.7 Å². The highest BCUT2D eigenvalue weighted by Crippen LogP contribution is 2.18. The van der Waals surface area contributed by atoms with Gasteiger partial charge in [-0.25, -0.2) is 0 Å². The van der Waals surface area contributed by atoms with Crippen LogP contribution in [0.4, 0.5) is 0 Å². The third-order valence-corrected chi connectivity index (χ3v) is 4.85. The molecule has 1 heterocycles. The number of ether oxygens (including phenoxy) is 4. The summed E-state index contributed by atoms with van der Waals surface area (Å²) < 4.78 is 20.7. The first-order valence-electron chi connectivity index (χ1n) is 11.5. The van der Waals surface area contributed by atoms with Crippen molar-refractivity contribution in [3.63, 3.8) is 0 Å². The molecule has 0 aromatic rings. The lowest BCUT2D eigenvalue weighted by atomic mass is 9.88. The average Bonchev–Trinajstić information content (AvgIpc) is 3.29. The largest absolute Gasteiger partial charge is 0.377 e. The van der Waals surface area contributed by atoms with Crippen molar-refractivity contribution in [3.05, 3.63) is 0 Å². The molecule has 2 amide bonds. The Morgan fingerprint density at radius 2 is 1.51 bits per heavy atom. The van der Waals surface area contributed by atoms with Crippen LogP contribution in [0, 0.1) is 5.41 Å². The number of nitrogens with two attached hydrogens (primary N) is 1. The number of aldehydes is 2. The van der Waals surface area contributed by atoms with E-state index in [1.54, 1.807) is 0 Å². The predicted molar refractivity (Wildman–Crippen MR) is 135 cm³/mol. The first-order chi connectivity index (χ1) is 16.3. The van der Waals surface area contributed by atoms with Gasteiger partial charge in [-0.3, -0.25) is 9.59 Å². The number of rotatable bonds is 16. The first-order valence-corrected chi connectivity index (χ1v) is 11.5. The highest BCUT2D eigenvalue weighted by atomic mass is 16.6. The van der Waals surface area contributed by atoms with Crippen molar-refractivity contribution in [2.75, 3.05) is 66.4 Å². The van der Waals surface area contributed by atoms with Gasteiger partial charge in [0.25, 0.3) is 0 Å². The Morgan fingerprint density at radius 1 is 1.00 bits per heavy atom. The molecular weight excluding hydrogens is 458 g/mol. The number of carbonyl (C=O) groups is 4. The number of nitrogens with one attached hydrogen (secondary N) is 1. The van der Waals surface area contributed by atoms with Gasteiger partial charge in [0.2, 0.25) is 12.3 Å². The van der Waals surface area contributed by atoms with Crippen molar-refractivity contribution >= 4 is 24.9 Å². The molecule has 11 nitrogen and oxygen atoms in total. The molecule has 1 fully saturated rings. The van der Waals surface area contributed by atoms with Gasteiger partial charge in [-0.15, -0.1) is 0 Å². The zero-order valence-corrected chi connectivity index (χ0v) is 21.5. The maximum Gasteiger partial charge on any atom is 0.246 e. The molecule has 0 aliphatic carbocycles. The SMILES string of the molecule is C.CC(NC(=O)COCCOCCOCCOCC=O)C(C)(C)C.CN.O=CC1CCCN1C=O. The van der Waals surface area contributed by atoms with E-state index in [-0.39, 0.29) is 44.0 Å². The van der Waals surface area contributed by atoms with Crippen LogP contribution >= 0.6 is 0 Å². The molecule has 0 spiro atoms. The van der Waals surface area contributed by atoms with Crippen LogP contribution < -0.4 is 11.1 Å². The monoisotopic (exact) mass is 507 g/mol. The van der Waals surface area contributed by atoms with Gasteiger partial charge in [-0.1, -0.05) is 28.2 Å². The van der Waals surface area contributed by atoms with Gasteiger partial charge >= 0.3 is 0 Å². The fourth-order valence-electron chi connectivity index (χ4n) is 2.45. The van der Waals surface area contributed by atoms with E-state index < -0.39 is 0 Å². The number of carbonyl (C=O) groups excluding carboxylic acids is 4. The van der Waals surface area contributed by atoms with Crippen molar-refractivity contribution in [3.8, 4) is 0 Å². The van der Waals surface area contributed by atoms with Gasteiger partial charge < -0.3 is 44.5 Å². The molecule has 208 valence electrons. The van der Waals surface area contributed by atoms with Crippen molar-refractivity contribution in [2.24, 2.45) is 11.1 Å². The Labute approximate surface area is 211 Å². The van der Waals surface area contributed by atoms with Gasteiger partial charge in [-0.05, 0) is 32.2 Å². The van der Waals surface area contributed by atoms with Crippen LogP contribution in [-0.2, 0) is 38.1 Å². The molecule has 0 bridgehead atoms. The first kappa shape index (κ1) is 37.6. The van der Waals surface area contributed by atoms with Gasteiger partial charge in [0, 0.05) is 12.6 Å². The molecule has 0 aromatic heterocycles. The molecule has 0 radical (unpaired) electrons. The summed E-state index contributed by atoms with van der Waals surface area (Å²) in [6, 6.07) is -0.0509. The topological polar surface area (TPSA) is 146 Å². The predicted octanol–water partition coefficient (Wildman–Crippen LogP) is 0.820. The number of amides is 2. The third-order valence-electron chi connectivity index (χ3n) is 4.85. The summed E-state index contributed by atoms with van der Waals surface area (Å²) in [6.07, 6.45) is 4.07. The molecule has 0 saturated carbocycles. The Morgan fingerprint density at radius 3 is 1.94 bits per heavy atom. The molecular formula is C24H49N3O8. The minimum atomic E-state index is -0.137. The van der Waals surface area contributed by atoms with E-state index in [1.165, 1.54) is 11.9 Å². The zero-order chi connectivity index (χ0) is 26.2. The van der Waals surface area contributed by atoms with Gasteiger partial charge in [0.15, 0.2) is 0 Å². The van der Waals surface area contributed by atoms with E-state index >= 15 is 0 Å². The molecule has 11 heteroatoms. The standard InChI is InChI=1S/C16H31NO6.C6H9NO2.CH5N.CH4/c1-14(16(2,3)4)17-15(19)13-23-12-11-22-10-9-21-8-7-20-6-5-18;8-4-6-2-1-3-7(6)5-9;1-2;/h5,14H,6-13H2,1-4H3,(H,17,19);4-6H,1-3H2;2H2,1H3;1H4. The second kappa shape index (κ2) is 25.2. The summed E-state index contributed by atoms with van der Waals surface area (Å²) in [4.78, 5) is 43.5. The summed E-state index contributed by atoms with van der Waals surface area (Å²) in [7, 11) is 1.50. The Balaban J connectivity index is -0.000000707. The smallest absolute Gasteiger partial charge is 0.246 e. The minimum Gasteiger partial charge on any atom is -0.377 e. The van der Waals surface area contributed by atoms with Crippen LogP contribution in [0.15, 0.2) is 0 Å². The molecule has 35 heavy (non-hydrogen) atoms. The lowest BCUT2D eigenvalue weighted by Gasteiger charge is -2.28. The number of likely N-dealkylation sites (tertiary alicyclic amines) is 1. The highest BCUT2D eigenvalue weighted by molar-refractivity contribution is 5.77.